The molecule has 0 radical (unpaired) electrons. The number of hydrogen-bond donors (Lipinski definition) is 0. The summed E-state index contributed by atoms with van der Waals surface area (Å²) in [4.78, 5) is 19.7. The summed E-state index contributed by atoms with van der Waals surface area (Å²) in [7, 11) is 1.79. The van der Waals surface area contributed by atoms with Gasteiger partial charge in [-0.15, -0.1) is 16.4 Å². The zero-order chi connectivity index (χ0) is 14.9. The lowest BCUT2D eigenvalue weighted by Gasteiger charge is -2.23. The summed E-state index contributed by atoms with van der Waals surface area (Å²) in [6.45, 7) is 8.27. The second-order valence-corrected chi connectivity index (χ2v) is 6.71. The summed E-state index contributed by atoms with van der Waals surface area (Å²) in [5.74, 6) is 0.300. The third-order valence-corrected chi connectivity index (χ3v) is 5.34. The molecule has 7 heteroatoms. The zero-order valence-corrected chi connectivity index (χ0v) is 13.9. The van der Waals surface area contributed by atoms with Gasteiger partial charge in [-0.3, -0.25) is 4.79 Å². The molecule has 0 aliphatic rings. The maximum Gasteiger partial charge on any atom is 0.275 e. The molecule has 108 valence electrons. The van der Waals surface area contributed by atoms with Gasteiger partial charge in [-0.1, -0.05) is 18.3 Å². The molecular formula is C13H18N4OS2. The van der Waals surface area contributed by atoms with Crippen LogP contribution in [0.5, 0.6) is 0 Å². The Morgan fingerprint density at radius 2 is 2.05 bits per heavy atom. The average molecular weight is 310 g/mol. The molecule has 0 aliphatic heterocycles. The fraction of sp³-hybridized carbons (Fsp3) is 0.538. The fourth-order valence-corrected chi connectivity index (χ4v) is 3.45. The molecule has 0 N–H and O–H groups in total. The van der Waals surface area contributed by atoms with Gasteiger partial charge >= 0.3 is 0 Å². The van der Waals surface area contributed by atoms with Crippen LogP contribution in [0.3, 0.4) is 0 Å². The molecule has 0 aromatic carbocycles. The van der Waals surface area contributed by atoms with Gasteiger partial charge in [0.2, 0.25) is 0 Å². The summed E-state index contributed by atoms with van der Waals surface area (Å²) < 4.78 is 3.74. The largest absolute Gasteiger partial charge is 0.333 e. The minimum atomic E-state index is -0.106. The SMILES string of the molecule is Cc1nc(C(C)C)sc1[C@H](C)N(C)C(=O)c1csnn1. The Bertz CT molecular complexity index is 592. The lowest BCUT2D eigenvalue weighted by Crippen LogP contribution is -2.29. The van der Waals surface area contributed by atoms with Gasteiger partial charge in [0.15, 0.2) is 5.69 Å². The van der Waals surface area contributed by atoms with Crippen molar-refractivity contribution in [3.63, 3.8) is 0 Å². The molecule has 2 aromatic heterocycles. The number of carbonyl (C=O) groups is 1. The Morgan fingerprint density at radius 1 is 1.35 bits per heavy atom. The Labute approximate surface area is 126 Å². The van der Waals surface area contributed by atoms with Crippen LogP contribution in [-0.2, 0) is 0 Å². The van der Waals surface area contributed by atoms with Crippen LogP contribution >= 0.6 is 22.9 Å². The molecule has 2 aromatic rings. The predicted molar refractivity (Wildman–Crippen MR) is 81.4 cm³/mol. The minimum Gasteiger partial charge on any atom is -0.333 e. The van der Waals surface area contributed by atoms with E-state index >= 15 is 0 Å². The van der Waals surface area contributed by atoms with Crippen LogP contribution in [0.4, 0.5) is 0 Å². The normalized spacial score (nSPS) is 12.7. The molecule has 0 spiro atoms. The van der Waals surface area contributed by atoms with Crippen LogP contribution in [0, 0.1) is 6.92 Å². The summed E-state index contributed by atoms with van der Waals surface area (Å²) >= 11 is 2.87. The van der Waals surface area contributed by atoms with Crippen LogP contribution in [0.1, 0.15) is 58.8 Å². The standard InChI is InChI=1S/C13H18N4OS2/c1-7(2)12-14-8(3)11(20-12)9(4)17(5)13(18)10-6-19-16-15-10/h6-7,9H,1-5H3/t9-/m0/s1. The van der Waals surface area contributed by atoms with Crippen molar-refractivity contribution >= 4 is 28.8 Å². The van der Waals surface area contributed by atoms with Crippen molar-refractivity contribution < 1.29 is 4.79 Å². The molecule has 0 unspecified atom stereocenters. The maximum absolute atomic E-state index is 12.3. The van der Waals surface area contributed by atoms with Gasteiger partial charge in [0.25, 0.3) is 5.91 Å². The quantitative estimate of drug-likeness (QED) is 0.869. The summed E-state index contributed by atoms with van der Waals surface area (Å²) in [6, 6.07) is -0.0193. The smallest absolute Gasteiger partial charge is 0.275 e. The van der Waals surface area contributed by atoms with Crippen LogP contribution < -0.4 is 0 Å². The van der Waals surface area contributed by atoms with E-state index in [0.29, 0.717) is 11.6 Å². The number of carbonyl (C=O) groups excluding carboxylic acids is 1. The molecule has 0 bridgehead atoms. The highest BCUT2D eigenvalue weighted by molar-refractivity contribution is 7.11. The fourth-order valence-electron chi connectivity index (χ4n) is 1.85. The first-order valence-corrected chi connectivity index (χ1v) is 8.08. The van der Waals surface area contributed by atoms with E-state index in [4.69, 9.17) is 0 Å². The lowest BCUT2D eigenvalue weighted by molar-refractivity contribution is 0.0738. The molecule has 1 amide bonds. The van der Waals surface area contributed by atoms with Crippen LogP contribution in [0.15, 0.2) is 5.38 Å². The summed E-state index contributed by atoms with van der Waals surface area (Å²) in [5.41, 5.74) is 1.40. The van der Waals surface area contributed by atoms with E-state index in [2.05, 4.69) is 28.4 Å². The second-order valence-electron chi connectivity index (χ2n) is 5.04. The topological polar surface area (TPSA) is 59.0 Å². The van der Waals surface area contributed by atoms with E-state index in [9.17, 15) is 4.79 Å². The Kier molecular flexibility index (Phi) is 4.49. The number of nitrogens with zero attached hydrogens (tertiary/aromatic N) is 4. The van der Waals surface area contributed by atoms with Crippen molar-refractivity contribution in [3.05, 3.63) is 26.7 Å². The maximum atomic E-state index is 12.3. The number of rotatable bonds is 4. The van der Waals surface area contributed by atoms with E-state index in [0.717, 1.165) is 15.6 Å². The highest BCUT2D eigenvalue weighted by Crippen LogP contribution is 2.32. The first-order valence-electron chi connectivity index (χ1n) is 6.43. The number of amides is 1. The van der Waals surface area contributed by atoms with Crippen molar-refractivity contribution in [1.29, 1.82) is 0 Å². The molecule has 0 aliphatic carbocycles. The van der Waals surface area contributed by atoms with Gasteiger partial charge < -0.3 is 4.90 Å². The number of hydrogen-bond acceptors (Lipinski definition) is 6. The van der Waals surface area contributed by atoms with E-state index in [1.54, 1.807) is 28.7 Å². The average Bonchev–Trinajstić information content (AvgIpc) is 3.05. The lowest BCUT2D eigenvalue weighted by atomic mass is 10.2. The monoisotopic (exact) mass is 310 g/mol. The van der Waals surface area contributed by atoms with Crippen LogP contribution in [0.25, 0.3) is 0 Å². The number of thiazole rings is 1. The number of aryl methyl sites for hydroxylation is 1. The first-order chi connectivity index (χ1) is 9.41. The minimum absolute atomic E-state index is 0.0193. The Morgan fingerprint density at radius 3 is 2.55 bits per heavy atom. The van der Waals surface area contributed by atoms with E-state index in [-0.39, 0.29) is 11.9 Å². The molecule has 20 heavy (non-hydrogen) atoms. The molecule has 5 nitrogen and oxygen atoms in total. The zero-order valence-electron chi connectivity index (χ0n) is 12.2. The molecule has 1 atom stereocenters. The van der Waals surface area contributed by atoms with E-state index in [1.165, 1.54) is 11.5 Å². The predicted octanol–water partition coefficient (Wildman–Crippen LogP) is 3.26. The molecule has 2 rings (SSSR count). The molecule has 0 fully saturated rings. The highest BCUT2D eigenvalue weighted by Gasteiger charge is 2.24. The molecule has 0 saturated heterocycles. The Hall–Kier alpha value is -1.34. The van der Waals surface area contributed by atoms with Gasteiger partial charge in [-0.25, -0.2) is 4.98 Å². The third-order valence-electron chi connectivity index (χ3n) is 3.20. The van der Waals surface area contributed by atoms with Crippen molar-refractivity contribution in [2.24, 2.45) is 0 Å². The van der Waals surface area contributed by atoms with E-state index in [1.807, 2.05) is 13.8 Å². The summed E-state index contributed by atoms with van der Waals surface area (Å²) in [5, 5.41) is 6.62. The van der Waals surface area contributed by atoms with Crippen molar-refractivity contribution in [1.82, 2.24) is 19.5 Å². The van der Waals surface area contributed by atoms with Crippen molar-refractivity contribution in [3.8, 4) is 0 Å². The molecule has 2 heterocycles. The van der Waals surface area contributed by atoms with Gasteiger partial charge in [-0.2, -0.15) is 0 Å². The third kappa shape index (κ3) is 2.88. The highest BCUT2D eigenvalue weighted by atomic mass is 32.1. The van der Waals surface area contributed by atoms with Crippen LogP contribution in [-0.4, -0.2) is 32.4 Å². The molecular weight excluding hydrogens is 292 g/mol. The van der Waals surface area contributed by atoms with Crippen LogP contribution in [0.2, 0.25) is 0 Å². The summed E-state index contributed by atoms with van der Waals surface area (Å²) in [6.07, 6.45) is 0. The van der Waals surface area contributed by atoms with Gasteiger partial charge in [0.1, 0.15) is 0 Å². The van der Waals surface area contributed by atoms with Gasteiger partial charge in [-0.05, 0) is 25.4 Å². The number of aromatic nitrogens is 3. The van der Waals surface area contributed by atoms with Gasteiger partial charge in [0.05, 0.1) is 16.7 Å². The van der Waals surface area contributed by atoms with Crippen molar-refractivity contribution in [2.75, 3.05) is 7.05 Å². The van der Waals surface area contributed by atoms with Crippen molar-refractivity contribution in [2.45, 2.75) is 39.7 Å². The Balaban J connectivity index is 2.22. The molecule has 0 saturated carbocycles. The van der Waals surface area contributed by atoms with E-state index < -0.39 is 0 Å². The second kappa shape index (κ2) is 5.97. The van der Waals surface area contributed by atoms with Gasteiger partial charge in [0, 0.05) is 23.2 Å². The first kappa shape index (κ1) is 15.1.